The zero-order valence-corrected chi connectivity index (χ0v) is 9.82. The summed E-state index contributed by atoms with van der Waals surface area (Å²) in [5, 5.41) is 0. The van der Waals surface area contributed by atoms with E-state index in [4.69, 9.17) is 0 Å². The molecule has 2 nitrogen and oxygen atoms in total. The van der Waals surface area contributed by atoms with Crippen molar-refractivity contribution >= 4 is 30.5 Å². The standard InChI is InChI=1S/C6H6N2S2.Na.H/c9-8-7-5-3-1-2-4-6(5)10-8;;/h1-4,7,9H;;/q;+1;-1. The molecular weight excluding hydrogens is 187 g/mol. The van der Waals surface area contributed by atoms with E-state index in [2.05, 4.69) is 24.3 Å². The number of benzene rings is 1. The summed E-state index contributed by atoms with van der Waals surface area (Å²) >= 11 is 5.70. The molecule has 1 aromatic rings. The Bertz CT molecular complexity index is 236. The number of para-hydroxylation sites is 1. The van der Waals surface area contributed by atoms with Gasteiger partial charge in [0.25, 0.3) is 0 Å². The van der Waals surface area contributed by atoms with E-state index in [9.17, 15) is 0 Å². The maximum atomic E-state index is 4.12. The van der Waals surface area contributed by atoms with E-state index in [0.717, 1.165) is 5.69 Å². The van der Waals surface area contributed by atoms with Crippen LogP contribution in [0.1, 0.15) is 1.43 Å². The van der Waals surface area contributed by atoms with Crippen molar-refractivity contribution in [3.8, 4) is 0 Å². The molecular formula is C6H7N2NaS2. The van der Waals surface area contributed by atoms with Crippen LogP contribution in [0.25, 0.3) is 0 Å². The van der Waals surface area contributed by atoms with E-state index >= 15 is 0 Å². The van der Waals surface area contributed by atoms with Crippen LogP contribution in [0.4, 0.5) is 5.69 Å². The van der Waals surface area contributed by atoms with E-state index in [-0.39, 0.29) is 31.0 Å². The maximum absolute atomic E-state index is 4.12. The van der Waals surface area contributed by atoms with Crippen LogP contribution in [-0.2, 0) is 0 Å². The summed E-state index contributed by atoms with van der Waals surface area (Å²) in [6.45, 7) is 0. The predicted octanol–water partition coefficient (Wildman–Crippen LogP) is -0.702. The fourth-order valence-electron chi connectivity index (χ4n) is 0.858. The fraction of sp³-hybridized carbons (Fsp3) is 0. The molecule has 0 saturated carbocycles. The number of nitrogens with zero attached hydrogens (tertiary/aromatic N) is 1. The van der Waals surface area contributed by atoms with Gasteiger partial charge in [0, 0.05) is 0 Å². The van der Waals surface area contributed by atoms with E-state index in [1.54, 1.807) is 15.8 Å². The van der Waals surface area contributed by atoms with Crippen molar-refractivity contribution in [1.29, 1.82) is 0 Å². The van der Waals surface area contributed by atoms with Gasteiger partial charge in [-0.2, -0.15) is 0 Å². The molecule has 0 spiro atoms. The van der Waals surface area contributed by atoms with Crippen molar-refractivity contribution in [1.82, 2.24) is 3.82 Å². The Morgan fingerprint density at radius 1 is 1.45 bits per heavy atom. The summed E-state index contributed by atoms with van der Waals surface area (Å²) in [5.41, 5.74) is 4.19. The van der Waals surface area contributed by atoms with Crippen LogP contribution < -0.4 is 35.0 Å². The molecule has 2 rings (SSSR count). The molecule has 0 amide bonds. The van der Waals surface area contributed by atoms with Crippen molar-refractivity contribution in [2.75, 3.05) is 5.43 Å². The summed E-state index contributed by atoms with van der Waals surface area (Å²) in [7, 11) is 0. The second-order valence-corrected chi connectivity index (χ2v) is 3.63. The minimum Gasteiger partial charge on any atom is -1.00 e. The first-order valence-corrected chi connectivity index (χ1v) is 4.06. The third kappa shape index (κ3) is 2.08. The van der Waals surface area contributed by atoms with Gasteiger partial charge in [-0.1, -0.05) is 24.9 Å². The molecule has 11 heavy (non-hydrogen) atoms. The largest absolute Gasteiger partial charge is 1.00 e. The van der Waals surface area contributed by atoms with Crippen LogP contribution in [0, 0.1) is 0 Å². The number of nitrogens with one attached hydrogen (secondary N) is 1. The number of hydrazine groups is 1. The molecule has 1 N–H and O–H groups in total. The van der Waals surface area contributed by atoms with Gasteiger partial charge in [0.05, 0.1) is 10.6 Å². The van der Waals surface area contributed by atoms with Gasteiger partial charge >= 0.3 is 29.6 Å². The van der Waals surface area contributed by atoms with E-state index in [0.29, 0.717) is 0 Å². The Hall–Kier alpha value is 0.680. The smallest absolute Gasteiger partial charge is 1.00 e. The molecule has 1 aliphatic heterocycles. The summed E-state index contributed by atoms with van der Waals surface area (Å²) in [6.07, 6.45) is 0. The molecule has 0 bridgehead atoms. The average Bonchev–Trinajstić information content (AvgIpc) is 2.27. The first-order valence-electron chi connectivity index (χ1n) is 2.89. The molecule has 0 unspecified atom stereocenters. The molecule has 1 heterocycles. The third-order valence-corrected chi connectivity index (χ3v) is 2.45. The average molecular weight is 194 g/mol. The summed E-state index contributed by atoms with van der Waals surface area (Å²) in [4.78, 5) is 1.22. The molecule has 0 aliphatic carbocycles. The van der Waals surface area contributed by atoms with Gasteiger partial charge in [-0.05, 0) is 24.1 Å². The third-order valence-electron chi connectivity index (χ3n) is 1.29. The van der Waals surface area contributed by atoms with Gasteiger partial charge in [-0.3, -0.25) is 5.43 Å². The molecule has 0 aromatic heterocycles. The van der Waals surface area contributed by atoms with Crippen LogP contribution in [0.2, 0.25) is 0 Å². The number of thiol groups is 1. The Kier molecular flexibility index (Phi) is 3.61. The minimum atomic E-state index is 0. The molecule has 0 fully saturated rings. The zero-order chi connectivity index (χ0) is 6.97. The molecule has 0 atom stereocenters. The summed E-state index contributed by atoms with van der Waals surface area (Å²) in [6, 6.07) is 8.10. The quantitative estimate of drug-likeness (QED) is 0.323. The molecule has 54 valence electrons. The SMILES string of the molecule is SN1Nc2ccccc2S1.[H-].[Na+]. The normalized spacial score (nSPS) is 15.0. The van der Waals surface area contributed by atoms with Gasteiger partial charge in [-0.25, -0.2) is 0 Å². The molecule has 1 aromatic carbocycles. The second kappa shape index (κ2) is 4.07. The molecule has 5 heteroatoms. The van der Waals surface area contributed by atoms with E-state index in [1.165, 1.54) is 4.90 Å². The van der Waals surface area contributed by atoms with E-state index < -0.39 is 0 Å². The van der Waals surface area contributed by atoms with E-state index in [1.807, 2.05) is 18.2 Å². The van der Waals surface area contributed by atoms with Crippen molar-refractivity contribution in [3.05, 3.63) is 24.3 Å². The first kappa shape index (κ1) is 9.77. The van der Waals surface area contributed by atoms with Crippen LogP contribution in [0.15, 0.2) is 29.2 Å². The zero-order valence-electron chi connectivity index (χ0n) is 7.11. The summed E-state index contributed by atoms with van der Waals surface area (Å²) < 4.78 is 1.69. The second-order valence-electron chi connectivity index (χ2n) is 1.97. The molecule has 0 radical (unpaired) electrons. The van der Waals surface area contributed by atoms with Crippen LogP contribution >= 0.6 is 24.8 Å². The predicted molar refractivity (Wildman–Crippen MR) is 47.9 cm³/mol. The monoisotopic (exact) mass is 194 g/mol. The number of hydrogen-bond donors (Lipinski definition) is 2. The van der Waals surface area contributed by atoms with Gasteiger partial charge < -0.3 is 1.43 Å². The van der Waals surface area contributed by atoms with Crippen LogP contribution in [0.3, 0.4) is 0 Å². The number of rotatable bonds is 0. The van der Waals surface area contributed by atoms with Crippen molar-refractivity contribution in [2.24, 2.45) is 0 Å². The van der Waals surface area contributed by atoms with Crippen molar-refractivity contribution in [3.63, 3.8) is 0 Å². The Morgan fingerprint density at radius 2 is 2.18 bits per heavy atom. The fourth-order valence-corrected chi connectivity index (χ4v) is 1.91. The topological polar surface area (TPSA) is 15.3 Å². The number of fused-ring (bicyclic) bond motifs is 1. The Balaban J connectivity index is 0.000000605. The maximum Gasteiger partial charge on any atom is 1.00 e. The number of anilines is 1. The van der Waals surface area contributed by atoms with Crippen molar-refractivity contribution < 1.29 is 31.0 Å². The van der Waals surface area contributed by atoms with Gasteiger partial charge in [0.2, 0.25) is 0 Å². The van der Waals surface area contributed by atoms with Crippen molar-refractivity contribution in [2.45, 2.75) is 4.90 Å². The molecule has 0 saturated heterocycles. The van der Waals surface area contributed by atoms with Gasteiger partial charge in [0.15, 0.2) is 0 Å². The van der Waals surface area contributed by atoms with Crippen LogP contribution in [-0.4, -0.2) is 3.82 Å². The minimum absolute atomic E-state index is 0. The molecule has 1 aliphatic rings. The van der Waals surface area contributed by atoms with Gasteiger partial charge in [0.1, 0.15) is 0 Å². The summed E-state index contributed by atoms with van der Waals surface area (Å²) in [5.74, 6) is 0. The number of hydrogen-bond acceptors (Lipinski definition) is 4. The Morgan fingerprint density at radius 3 is 2.91 bits per heavy atom. The van der Waals surface area contributed by atoms with Gasteiger partial charge in [-0.15, -0.1) is 3.82 Å². The Labute approximate surface area is 99.2 Å². The first-order chi connectivity index (χ1) is 4.86. The van der Waals surface area contributed by atoms with Crippen LogP contribution in [0.5, 0.6) is 0 Å².